The molecule has 0 saturated heterocycles. The molecule has 0 heterocycles. The average Bonchev–Trinajstić information content (AvgIpc) is 2.04. The molecule has 0 amide bonds. The van der Waals surface area contributed by atoms with Gasteiger partial charge in [-0.15, -0.1) is 5.47 Å². The molecule has 0 aliphatic rings. The van der Waals surface area contributed by atoms with Crippen LogP contribution in [-0.4, -0.2) is 13.6 Å². The van der Waals surface area contributed by atoms with Gasteiger partial charge in [0.2, 0.25) is 0 Å². The van der Waals surface area contributed by atoms with E-state index in [9.17, 15) is 0 Å². The molecule has 0 aliphatic carbocycles. The van der Waals surface area contributed by atoms with Crippen molar-refractivity contribution in [3.05, 3.63) is 23.7 Å². The number of nitrogens with zero attached hydrogens (tertiary/aromatic N) is 1. The molecule has 2 radical (unpaired) electrons. The normalized spacial score (nSPS) is 14.4. The van der Waals surface area contributed by atoms with Gasteiger partial charge in [-0.1, -0.05) is 18.2 Å². The molecule has 0 aliphatic heterocycles. The number of rotatable bonds is 3. The molecular weight excluding hydrogens is 135 g/mol. The maximum absolute atomic E-state index is 5.50. The van der Waals surface area contributed by atoms with Crippen molar-refractivity contribution in [2.24, 2.45) is 10.9 Å². The molecule has 0 unspecified atom stereocenters. The SMILES string of the molecule is [B]C(/C=C\C/C(C)=N\N)=C/C. The zero-order valence-electron chi connectivity index (χ0n) is 7.04. The van der Waals surface area contributed by atoms with E-state index in [1.54, 1.807) is 0 Å². The highest BCUT2D eigenvalue weighted by molar-refractivity contribution is 6.23. The van der Waals surface area contributed by atoms with Crippen LogP contribution in [0.1, 0.15) is 20.3 Å². The van der Waals surface area contributed by atoms with Gasteiger partial charge in [-0.25, -0.2) is 0 Å². The zero-order chi connectivity index (χ0) is 8.69. The summed E-state index contributed by atoms with van der Waals surface area (Å²) in [6.07, 6.45) is 6.37. The summed E-state index contributed by atoms with van der Waals surface area (Å²) < 4.78 is 0. The largest absolute Gasteiger partial charge is 0.323 e. The molecule has 0 fully saturated rings. The fraction of sp³-hybridized carbons (Fsp3) is 0.375. The van der Waals surface area contributed by atoms with Crippen molar-refractivity contribution in [2.75, 3.05) is 0 Å². The van der Waals surface area contributed by atoms with Gasteiger partial charge in [0, 0.05) is 12.1 Å². The third-order valence-electron chi connectivity index (χ3n) is 1.28. The van der Waals surface area contributed by atoms with E-state index in [1.807, 2.05) is 32.1 Å². The summed E-state index contributed by atoms with van der Waals surface area (Å²) in [6, 6.07) is 0. The summed E-state index contributed by atoms with van der Waals surface area (Å²) in [6.45, 7) is 3.76. The van der Waals surface area contributed by atoms with E-state index in [2.05, 4.69) is 5.10 Å². The Kier molecular flexibility index (Phi) is 5.26. The maximum atomic E-state index is 5.50. The Hall–Kier alpha value is -0.985. The molecule has 0 saturated carbocycles. The second-order valence-electron chi connectivity index (χ2n) is 2.26. The predicted octanol–water partition coefficient (Wildman–Crippen LogP) is 1.34. The highest BCUT2D eigenvalue weighted by Crippen LogP contribution is 1.92. The third-order valence-corrected chi connectivity index (χ3v) is 1.28. The summed E-state index contributed by atoms with van der Waals surface area (Å²) >= 11 is 0. The lowest BCUT2D eigenvalue weighted by Crippen LogP contribution is -1.93. The molecule has 0 bridgehead atoms. The van der Waals surface area contributed by atoms with Crippen molar-refractivity contribution >= 4 is 13.6 Å². The van der Waals surface area contributed by atoms with Crippen LogP contribution in [0.3, 0.4) is 0 Å². The Labute approximate surface area is 69.3 Å². The van der Waals surface area contributed by atoms with E-state index < -0.39 is 0 Å². The van der Waals surface area contributed by atoms with Crippen molar-refractivity contribution in [2.45, 2.75) is 20.3 Å². The van der Waals surface area contributed by atoms with E-state index in [4.69, 9.17) is 13.7 Å². The summed E-state index contributed by atoms with van der Waals surface area (Å²) in [5.74, 6) is 5.03. The zero-order valence-corrected chi connectivity index (χ0v) is 7.04. The van der Waals surface area contributed by atoms with Crippen LogP contribution in [0.5, 0.6) is 0 Å². The quantitative estimate of drug-likeness (QED) is 0.212. The first-order valence-corrected chi connectivity index (χ1v) is 3.52. The van der Waals surface area contributed by atoms with Crippen molar-refractivity contribution < 1.29 is 0 Å². The number of hydrogen-bond donors (Lipinski definition) is 1. The Balaban J connectivity index is 3.79. The smallest absolute Gasteiger partial charge is 0.113 e. The van der Waals surface area contributed by atoms with Gasteiger partial charge in [0.1, 0.15) is 7.85 Å². The van der Waals surface area contributed by atoms with Crippen LogP contribution in [0.2, 0.25) is 0 Å². The molecule has 0 rings (SSSR count). The van der Waals surface area contributed by atoms with Crippen molar-refractivity contribution in [1.29, 1.82) is 0 Å². The van der Waals surface area contributed by atoms with Gasteiger partial charge in [0.25, 0.3) is 0 Å². The molecule has 0 aromatic carbocycles. The third kappa shape index (κ3) is 5.46. The lowest BCUT2D eigenvalue weighted by Gasteiger charge is -1.91. The Morgan fingerprint density at radius 1 is 1.64 bits per heavy atom. The maximum Gasteiger partial charge on any atom is 0.113 e. The van der Waals surface area contributed by atoms with Crippen molar-refractivity contribution in [3.63, 3.8) is 0 Å². The lowest BCUT2D eigenvalue weighted by molar-refractivity contribution is 1.20. The summed E-state index contributed by atoms with van der Waals surface area (Å²) in [4.78, 5) is 0. The minimum atomic E-state index is 0.755. The molecule has 3 heteroatoms. The van der Waals surface area contributed by atoms with Crippen LogP contribution >= 0.6 is 0 Å². The van der Waals surface area contributed by atoms with Crippen molar-refractivity contribution in [1.82, 2.24) is 0 Å². The van der Waals surface area contributed by atoms with Crippen LogP contribution in [0.4, 0.5) is 0 Å². The first-order chi connectivity index (χ1) is 5.20. The van der Waals surface area contributed by atoms with E-state index in [-0.39, 0.29) is 0 Å². The molecule has 2 nitrogen and oxygen atoms in total. The lowest BCUT2D eigenvalue weighted by atomic mass is 9.95. The minimum Gasteiger partial charge on any atom is -0.323 e. The first kappa shape index (κ1) is 10.0. The molecule has 11 heavy (non-hydrogen) atoms. The Bertz CT molecular complexity index is 192. The van der Waals surface area contributed by atoms with Gasteiger partial charge in [-0.2, -0.15) is 5.10 Å². The van der Waals surface area contributed by atoms with E-state index in [1.165, 1.54) is 0 Å². The van der Waals surface area contributed by atoms with Crippen LogP contribution in [0.25, 0.3) is 0 Å². The molecule has 0 spiro atoms. The van der Waals surface area contributed by atoms with E-state index in [0.29, 0.717) is 0 Å². The second-order valence-corrected chi connectivity index (χ2v) is 2.26. The van der Waals surface area contributed by atoms with Gasteiger partial charge in [-0.05, 0) is 13.8 Å². The van der Waals surface area contributed by atoms with Gasteiger partial charge in [0.05, 0.1) is 0 Å². The van der Waals surface area contributed by atoms with Crippen LogP contribution in [0, 0.1) is 0 Å². The van der Waals surface area contributed by atoms with E-state index >= 15 is 0 Å². The van der Waals surface area contributed by atoms with Crippen LogP contribution in [0.15, 0.2) is 28.8 Å². The fourth-order valence-electron chi connectivity index (χ4n) is 0.514. The highest BCUT2D eigenvalue weighted by Gasteiger charge is 1.83. The number of nitrogens with two attached hydrogens (primary N) is 1. The fourth-order valence-corrected chi connectivity index (χ4v) is 0.514. The standard InChI is InChI=1S/C8H13BN2/c1-3-8(9)6-4-5-7(2)11-10/h3-4,6H,5,10H2,1-2H3/b6-4-,8-3+,11-7-. The van der Waals surface area contributed by atoms with Gasteiger partial charge < -0.3 is 5.84 Å². The number of hydrazone groups is 1. The topological polar surface area (TPSA) is 38.4 Å². The molecular formula is C8H13BN2. The predicted molar refractivity (Wildman–Crippen MR) is 50.6 cm³/mol. The molecule has 0 aromatic heterocycles. The second kappa shape index (κ2) is 5.77. The van der Waals surface area contributed by atoms with Crippen LogP contribution in [-0.2, 0) is 0 Å². The van der Waals surface area contributed by atoms with Crippen molar-refractivity contribution in [3.8, 4) is 0 Å². The minimum absolute atomic E-state index is 0.755. The van der Waals surface area contributed by atoms with Gasteiger partial charge in [0.15, 0.2) is 0 Å². The van der Waals surface area contributed by atoms with E-state index in [0.717, 1.165) is 17.6 Å². The Morgan fingerprint density at radius 3 is 2.73 bits per heavy atom. The molecule has 2 N–H and O–H groups in total. The number of hydrogen-bond acceptors (Lipinski definition) is 2. The Morgan fingerprint density at radius 2 is 2.27 bits per heavy atom. The summed E-state index contributed by atoms with van der Waals surface area (Å²) in [5, 5.41) is 3.52. The number of allylic oxidation sites excluding steroid dienone is 4. The van der Waals surface area contributed by atoms with Gasteiger partial charge >= 0.3 is 0 Å². The average molecular weight is 148 g/mol. The highest BCUT2D eigenvalue weighted by atomic mass is 15.1. The molecule has 0 atom stereocenters. The first-order valence-electron chi connectivity index (χ1n) is 3.52. The summed E-state index contributed by atoms with van der Waals surface area (Å²) in [7, 11) is 5.50. The van der Waals surface area contributed by atoms with Crippen LogP contribution < -0.4 is 5.84 Å². The molecule has 0 aromatic rings. The molecule has 58 valence electrons. The summed E-state index contributed by atoms with van der Waals surface area (Å²) in [5.41, 5.74) is 1.65. The van der Waals surface area contributed by atoms with Gasteiger partial charge in [-0.3, -0.25) is 0 Å². The monoisotopic (exact) mass is 148 g/mol.